The molecule has 3 atom stereocenters. The number of aliphatic hydroxyl groups is 1. The number of ether oxygens (including phenoxy) is 2. The molecule has 4 aromatic rings. The average molecular weight is 900 g/mol. The Hall–Kier alpha value is -5.39. The van der Waals surface area contributed by atoms with Gasteiger partial charge in [-0.05, 0) is 87.6 Å². The van der Waals surface area contributed by atoms with Gasteiger partial charge in [-0.25, -0.2) is 15.0 Å². The molecular formula is C47H65N9O7S. The quantitative estimate of drug-likeness (QED) is 0.0705. The first kappa shape index (κ1) is 48.1. The number of benzene rings is 2. The number of aliphatic hydroxyl groups excluding tert-OH is 1. The lowest BCUT2D eigenvalue weighted by molar-refractivity contribution is -0.144. The van der Waals surface area contributed by atoms with Gasteiger partial charge in [0, 0.05) is 56.9 Å². The molecule has 0 radical (unpaired) electrons. The highest BCUT2D eigenvalue weighted by Gasteiger charge is 2.44. The molecule has 2 fully saturated rings. The van der Waals surface area contributed by atoms with Gasteiger partial charge in [0.1, 0.15) is 12.1 Å². The molecule has 6 N–H and O–H groups in total. The van der Waals surface area contributed by atoms with Crippen molar-refractivity contribution in [2.75, 3.05) is 52.2 Å². The number of aromatic nitrogens is 3. The largest absolute Gasteiger partial charge is 0.493 e. The molecule has 4 amide bonds. The Morgan fingerprint density at radius 2 is 1.72 bits per heavy atom. The smallest absolute Gasteiger partial charge is 0.246 e. The second-order valence-electron chi connectivity index (χ2n) is 17.9. The van der Waals surface area contributed by atoms with Gasteiger partial charge in [0.2, 0.25) is 29.6 Å². The summed E-state index contributed by atoms with van der Waals surface area (Å²) in [6.45, 7) is 12.1. The van der Waals surface area contributed by atoms with Crippen LogP contribution in [0.25, 0.3) is 21.3 Å². The topological polar surface area (TPSA) is 214 Å². The fraction of sp³-hybridized carbons (Fsp3) is 0.553. The first-order chi connectivity index (χ1) is 30.7. The van der Waals surface area contributed by atoms with Gasteiger partial charge in [-0.1, -0.05) is 45.0 Å². The van der Waals surface area contributed by atoms with E-state index in [4.69, 9.17) is 15.2 Å². The van der Waals surface area contributed by atoms with Crippen LogP contribution in [0.4, 0.5) is 5.95 Å². The molecule has 2 saturated heterocycles. The number of thiazole rings is 1. The van der Waals surface area contributed by atoms with Crippen LogP contribution in [0.15, 0.2) is 41.9 Å². The van der Waals surface area contributed by atoms with Gasteiger partial charge in [0.15, 0.2) is 11.5 Å². The highest BCUT2D eigenvalue weighted by atomic mass is 32.1. The number of β-amino-alcohol motifs (C(OH)–C–C–N with tert-alkyl or cyclic N) is 1. The van der Waals surface area contributed by atoms with Crippen LogP contribution < -0.4 is 31.2 Å². The Balaban J connectivity index is 0.917. The summed E-state index contributed by atoms with van der Waals surface area (Å²) in [5, 5.41) is 20.2. The average Bonchev–Trinajstić information content (AvgIpc) is 4.04. The SMILES string of the molecule is COc1cc2c(CCCCNC(=O)CCCC(=O)N[C@H](C(=O)N3C[C@H](O)C[C@H]3C(=O)NCc3ccc(-c4scnc4C)cc3)C(C)(C)C)nc(N)nc2cc1OCCCN1CCCC1. The minimum atomic E-state index is -0.953. The fourth-order valence-corrected chi connectivity index (χ4v) is 9.13. The first-order valence-electron chi connectivity index (χ1n) is 22.5. The summed E-state index contributed by atoms with van der Waals surface area (Å²) in [5.74, 6) is 0.0677. The van der Waals surface area contributed by atoms with Crippen LogP contribution in [0.3, 0.4) is 0 Å². The van der Waals surface area contributed by atoms with Crippen molar-refractivity contribution in [2.45, 2.75) is 117 Å². The van der Waals surface area contributed by atoms with Crippen LogP contribution >= 0.6 is 11.3 Å². The summed E-state index contributed by atoms with van der Waals surface area (Å²) in [6.07, 6.45) is 5.21. The maximum atomic E-state index is 14.0. The minimum absolute atomic E-state index is 0.0175. The Labute approximate surface area is 380 Å². The minimum Gasteiger partial charge on any atom is -0.493 e. The third-order valence-corrected chi connectivity index (χ3v) is 12.8. The van der Waals surface area contributed by atoms with E-state index in [0.29, 0.717) is 49.4 Å². The molecule has 64 heavy (non-hydrogen) atoms. The van der Waals surface area contributed by atoms with Crippen LogP contribution in [-0.2, 0) is 32.1 Å². The van der Waals surface area contributed by atoms with Crippen LogP contribution in [0.1, 0.15) is 95.5 Å². The molecular weight excluding hydrogens is 835 g/mol. The fourth-order valence-electron chi connectivity index (χ4n) is 8.32. The predicted octanol–water partition coefficient (Wildman–Crippen LogP) is 4.94. The van der Waals surface area contributed by atoms with Crippen molar-refractivity contribution in [3.63, 3.8) is 0 Å². The number of nitrogens with one attached hydrogen (secondary N) is 3. The number of nitrogen functional groups attached to an aromatic ring is 1. The van der Waals surface area contributed by atoms with E-state index in [1.807, 2.05) is 69.6 Å². The zero-order valence-corrected chi connectivity index (χ0v) is 38.7. The Bertz CT molecular complexity index is 2220. The Morgan fingerprint density at radius 1 is 0.969 bits per heavy atom. The number of amides is 4. The molecule has 2 aromatic heterocycles. The summed E-state index contributed by atoms with van der Waals surface area (Å²) in [7, 11) is 1.61. The van der Waals surface area contributed by atoms with Crippen LogP contribution in [-0.4, -0.2) is 118 Å². The van der Waals surface area contributed by atoms with Gasteiger partial charge >= 0.3 is 0 Å². The van der Waals surface area contributed by atoms with Crippen LogP contribution in [0.5, 0.6) is 11.5 Å². The van der Waals surface area contributed by atoms with Crippen molar-refractivity contribution < 1.29 is 33.8 Å². The summed E-state index contributed by atoms with van der Waals surface area (Å²) in [5.41, 5.74) is 11.6. The number of rotatable bonds is 21. The molecule has 2 aliphatic rings. The second-order valence-corrected chi connectivity index (χ2v) is 18.8. The monoisotopic (exact) mass is 899 g/mol. The summed E-state index contributed by atoms with van der Waals surface area (Å²) < 4.78 is 11.8. The van der Waals surface area contributed by atoms with Crippen LogP contribution in [0.2, 0.25) is 0 Å². The third kappa shape index (κ3) is 13.1. The maximum Gasteiger partial charge on any atom is 0.246 e. The van der Waals surface area contributed by atoms with Crippen molar-refractivity contribution in [1.29, 1.82) is 0 Å². The number of unbranched alkanes of at least 4 members (excludes halogenated alkanes) is 1. The summed E-state index contributed by atoms with van der Waals surface area (Å²) in [4.78, 5) is 71.6. The van der Waals surface area contributed by atoms with E-state index < -0.39 is 29.5 Å². The molecule has 17 heteroatoms. The standard InChI is InChI=1S/C47H65N9O7S/c1-30-42(64-29-51-30)32-17-15-31(16-18-32)27-50-44(60)37-24-33(57)28-56(37)45(61)43(47(2,3)4)54-41(59)14-10-13-40(58)49-19-7-6-12-35-34-25-38(62-5)39(26-36(34)53-46(48)52-35)63-23-11-22-55-20-8-9-21-55/h15-18,25-26,29,33,37,43,57H,6-14,19-24,27-28H2,1-5H3,(H,49,58)(H,50,60)(H,54,59)(H2,48,52,53)/t33-,37+,43-/m1/s1. The predicted molar refractivity (Wildman–Crippen MR) is 248 cm³/mol. The number of carbonyl (C=O) groups excluding carboxylic acids is 4. The first-order valence-corrected chi connectivity index (χ1v) is 23.4. The molecule has 346 valence electrons. The number of hydrogen-bond donors (Lipinski definition) is 5. The number of hydrogen-bond acceptors (Lipinski definition) is 13. The van der Waals surface area contributed by atoms with E-state index >= 15 is 0 Å². The lowest BCUT2D eigenvalue weighted by atomic mass is 9.85. The second kappa shape index (κ2) is 22.5. The maximum absolute atomic E-state index is 14.0. The highest BCUT2D eigenvalue weighted by Crippen LogP contribution is 2.34. The molecule has 2 aromatic carbocycles. The van der Waals surface area contributed by atoms with E-state index in [2.05, 4.69) is 35.8 Å². The molecule has 4 heterocycles. The van der Waals surface area contributed by atoms with E-state index in [-0.39, 0.29) is 56.0 Å². The molecule has 0 unspecified atom stereocenters. The van der Waals surface area contributed by atoms with Crippen molar-refractivity contribution in [2.24, 2.45) is 5.41 Å². The number of methoxy groups -OCH3 is 1. The summed E-state index contributed by atoms with van der Waals surface area (Å²) in [6, 6.07) is 9.78. The highest BCUT2D eigenvalue weighted by molar-refractivity contribution is 7.13. The normalized spacial score (nSPS) is 17.1. The number of aryl methyl sites for hydroxylation is 2. The molecule has 0 spiro atoms. The van der Waals surface area contributed by atoms with Gasteiger partial charge in [-0.3, -0.25) is 19.2 Å². The number of anilines is 1. The lowest BCUT2D eigenvalue weighted by Gasteiger charge is -2.35. The Morgan fingerprint density at radius 3 is 2.42 bits per heavy atom. The number of nitrogens with two attached hydrogens (primary N) is 1. The lowest BCUT2D eigenvalue weighted by Crippen LogP contribution is -2.57. The number of carbonyl (C=O) groups is 4. The van der Waals surface area contributed by atoms with E-state index in [0.717, 1.165) is 65.3 Å². The zero-order chi connectivity index (χ0) is 45.8. The molecule has 16 nitrogen and oxygen atoms in total. The molecule has 0 bridgehead atoms. The van der Waals surface area contributed by atoms with Gasteiger partial charge in [-0.2, -0.15) is 0 Å². The van der Waals surface area contributed by atoms with Crippen LogP contribution in [0, 0.1) is 12.3 Å². The summed E-state index contributed by atoms with van der Waals surface area (Å²) >= 11 is 1.57. The van der Waals surface area contributed by atoms with E-state index in [9.17, 15) is 24.3 Å². The van der Waals surface area contributed by atoms with Gasteiger partial charge in [-0.15, -0.1) is 11.3 Å². The van der Waals surface area contributed by atoms with Crippen molar-refractivity contribution in [1.82, 2.24) is 40.7 Å². The Kier molecular flexibility index (Phi) is 16.9. The van der Waals surface area contributed by atoms with Crippen molar-refractivity contribution >= 4 is 51.8 Å². The number of likely N-dealkylation sites (tertiary alicyclic amines) is 2. The zero-order valence-electron chi connectivity index (χ0n) is 37.9. The van der Waals surface area contributed by atoms with E-state index in [1.165, 1.54) is 17.7 Å². The number of nitrogens with zero attached hydrogens (tertiary/aromatic N) is 5. The molecule has 2 aliphatic heterocycles. The van der Waals surface area contributed by atoms with Gasteiger partial charge in [0.25, 0.3) is 0 Å². The van der Waals surface area contributed by atoms with E-state index in [1.54, 1.807) is 18.4 Å². The van der Waals surface area contributed by atoms with Gasteiger partial charge in [0.05, 0.1) is 47.1 Å². The molecule has 0 saturated carbocycles. The molecule has 0 aliphatic carbocycles. The van der Waals surface area contributed by atoms with Crippen molar-refractivity contribution in [3.8, 4) is 21.9 Å². The van der Waals surface area contributed by atoms with Crippen molar-refractivity contribution in [3.05, 3.63) is 58.9 Å². The third-order valence-electron chi connectivity index (χ3n) is 11.8. The molecule has 6 rings (SSSR count). The number of fused-ring (bicyclic) bond motifs is 1. The van der Waals surface area contributed by atoms with Gasteiger partial charge < -0.3 is 46.1 Å².